The van der Waals surface area contributed by atoms with E-state index >= 15 is 0 Å². The largest absolute Gasteiger partial charge is 0.497 e. The zero-order valence-electron chi connectivity index (χ0n) is 18.3. The van der Waals surface area contributed by atoms with Gasteiger partial charge < -0.3 is 15.8 Å². The zero-order valence-corrected chi connectivity index (χ0v) is 19.1. The van der Waals surface area contributed by atoms with Crippen molar-refractivity contribution in [1.82, 2.24) is 10.2 Å². The summed E-state index contributed by atoms with van der Waals surface area (Å²) in [5.74, 6) is -2.93. The number of ether oxygens (including phenoxy) is 1. The summed E-state index contributed by atoms with van der Waals surface area (Å²) in [6.45, 7) is 0.0668. The van der Waals surface area contributed by atoms with Gasteiger partial charge in [0.2, 0.25) is 23.6 Å². The first-order valence-electron chi connectivity index (χ1n) is 10.9. The highest BCUT2D eigenvalue weighted by molar-refractivity contribution is 6.35. The molecule has 4 amide bonds. The number of benzene rings is 2. The molecular formula is C24H23ClN4O5. The molecule has 0 aromatic heterocycles. The van der Waals surface area contributed by atoms with Gasteiger partial charge in [0.15, 0.2) is 0 Å². The summed E-state index contributed by atoms with van der Waals surface area (Å²) in [5, 5.41) is 6.38. The van der Waals surface area contributed by atoms with Gasteiger partial charge in [-0.2, -0.15) is 0 Å². The number of imide groups is 1. The maximum absolute atomic E-state index is 13.7. The van der Waals surface area contributed by atoms with Gasteiger partial charge in [0.25, 0.3) is 0 Å². The van der Waals surface area contributed by atoms with Crippen LogP contribution >= 0.6 is 11.6 Å². The summed E-state index contributed by atoms with van der Waals surface area (Å²) in [5.41, 5.74) is 5.58. The molecule has 9 nitrogen and oxygen atoms in total. The lowest BCUT2D eigenvalue weighted by atomic mass is 9.76. The van der Waals surface area contributed by atoms with Crippen molar-refractivity contribution in [3.05, 3.63) is 58.6 Å². The second-order valence-corrected chi connectivity index (χ2v) is 9.20. The third-order valence-electron chi connectivity index (χ3n) is 6.99. The minimum atomic E-state index is -1.46. The fourth-order valence-electron chi connectivity index (χ4n) is 5.47. The van der Waals surface area contributed by atoms with Crippen LogP contribution in [0.2, 0.25) is 5.02 Å². The number of nitrogens with two attached hydrogens (primary N) is 1. The molecule has 10 heteroatoms. The first kappa shape index (κ1) is 22.4. The second-order valence-electron chi connectivity index (χ2n) is 8.79. The molecule has 0 aliphatic carbocycles. The molecule has 34 heavy (non-hydrogen) atoms. The van der Waals surface area contributed by atoms with Crippen LogP contribution in [0.15, 0.2) is 42.5 Å². The minimum absolute atomic E-state index is 0.0148. The SMILES string of the molecule is COc1ccc(CN2C(=O)[C@@H]3C(CCC(N)=O)NC4(C(=O)Nc5c(Cl)cccc54)[C@@H]3C2=O)cc1. The third-order valence-corrected chi connectivity index (χ3v) is 7.31. The Morgan fingerprint density at radius 2 is 1.88 bits per heavy atom. The number of methoxy groups -OCH3 is 1. The summed E-state index contributed by atoms with van der Waals surface area (Å²) in [6, 6.07) is 11.5. The fraction of sp³-hybridized carbons (Fsp3) is 0.333. The number of carbonyl (C=O) groups excluding carboxylic acids is 4. The number of likely N-dealkylation sites (tertiary alicyclic amines) is 1. The molecule has 5 rings (SSSR count). The van der Waals surface area contributed by atoms with E-state index in [-0.39, 0.29) is 25.3 Å². The summed E-state index contributed by atoms with van der Waals surface area (Å²) < 4.78 is 5.17. The molecule has 3 heterocycles. The van der Waals surface area contributed by atoms with Gasteiger partial charge in [-0.3, -0.25) is 29.4 Å². The molecule has 0 bridgehead atoms. The van der Waals surface area contributed by atoms with E-state index in [1.165, 1.54) is 4.90 Å². The van der Waals surface area contributed by atoms with Gasteiger partial charge in [0.05, 0.1) is 36.2 Å². The van der Waals surface area contributed by atoms with Crippen molar-refractivity contribution in [2.45, 2.75) is 31.0 Å². The van der Waals surface area contributed by atoms with E-state index in [0.29, 0.717) is 22.0 Å². The van der Waals surface area contributed by atoms with E-state index in [2.05, 4.69) is 10.6 Å². The average Bonchev–Trinajstić information content (AvgIpc) is 3.40. The normalized spacial score (nSPS) is 27.2. The van der Waals surface area contributed by atoms with E-state index in [4.69, 9.17) is 22.1 Å². The van der Waals surface area contributed by atoms with E-state index < -0.39 is 41.1 Å². The molecule has 2 aromatic rings. The van der Waals surface area contributed by atoms with Crippen LogP contribution in [0.1, 0.15) is 24.0 Å². The Bertz CT molecular complexity index is 1220. The number of para-hydroxylation sites is 1. The predicted octanol–water partition coefficient (Wildman–Crippen LogP) is 1.53. The summed E-state index contributed by atoms with van der Waals surface area (Å²) in [6.07, 6.45) is 0.234. The summed E-state index contributed by atoms with van der Waals surface area (Å²) >= 11 is 6.33. The summed E-state index contributed by atoms with van der Waals surface area (Å²) in [4.78, 5) is 53.4. The highest BCUT2D eigenvalue weighted by atomic mass is 35.5. The number of primary amides is 1. The number of nitrogens with zero attached hydrogens (tertiary/aromatic N) is 1. The van der Waals surface area contributed by atoms with Gasteiger partial charge in [-0.1, -0.05) is 35.9 Å². The van der Waals surface area contributed by atoms with Crippen molar-refractivity contribution in [3.63, 3.8) is 0 Å². The maximum Gasteiger partial charge on any atom is 0.250 e. The average molecular weight is 483 g/mol. The molecule has 4 N–H and O–H groups in total. The van der Waals surface area contributed by atoms with Crippen LogP contribution in [0.3, 0.4) is 0 Å². The van der Waals surface area contributed by atoms with Crippen LogP contribution < -0.4 is 21.1 Å². The highest BCUT2D eigenvalue weighted by Gasteiger charge is 2.70. The molecule has 0 saturated carbocycles. The third kappa shape index (κ3) is 3.19. The Labute approximate surface area is 200 Å². The van der Waals surface area contributed by atoms with Crippen molar-refractivity contribution < 1.29 is 23.9 Å². The Morgan fingerprint density at radius 3 is 2.56 bits per heavy atom. The molecule has 2 fully saturated rings. The number of rotatable bonds is 6. The van der Waals surface area contributed by atoms with E-state index in [1.807, 2.05) is 0 Å². The van der Waals surface area contributed by atoms with Crippen molar-refractivity contribution in [1.29, 1.82) is 0 Å². The van der Waals surface area contributed by atoms with Gasteiger partial charge in [0, 0.05) is 18.0 Å². The maximum atomic E-state index is 13.7. The molecule has 1 spiro atoms. The Kier molecular flexibility index (Phi) is 5.33. The lowest BCUT2D eigenvalue weighted by Gasteiger charge is -2.29. The quantitative estimate of drug-likeness (QED) is 0.535. The van der Waals surface area contributed by atoms with Gasteiger partial charge in [0.1, 0.15) is 11.3 Å². The molecule has 2 saturated heterocycles. The number of halogens is 1. The molecule has 2 aromatic carbocycles. The number of amides is 4. The van der Waals surface area contributed by atoms with Crippen LogP contribution in [0.4, 0.5) is 5.69 Å². The number of anilines is 1. The number of nitrogens with one attached hydrogen (secondary N) is 2. The van der Waals surface area contributed by atoms with E-state index in [0.717, 1.165) is 5.56 Å². The van der Waals surface area contributed by atoms with Crippen molar-refractivity contribution in [3.8, 4) is 5.75 Å². The van der Waals surface area contributed by atoms with E-state index in [9.17, 15) is 19.2 Å². The zero-order chi connectivity index (χ0) is 24.2. The van der Waals surface area contributed by atoms with Crippen LogP contribution in [0.25, 0.3) is 0 Å². The van der Waals surface area contributed by atoms with Crippen molar-refractivity contribution in [2.24, 2.45) is 17.6 Å². The smallest absolute Gasteiger partial charge is 0.250 e. The van der Waals surface area contributed by atoms with Crippen molar-refractivity contribution >= 4 is 40.9 Å². The number of fused-ring (bicyclic) bond motifs is 4. The molecule has 3 aliphatic heterocycles. The topological polar surface area (TPSA) is 131 Å². The fourth-order valence-corrected chi connectivity index (χ4v) is 5.69. The summed E-state index contributed by atoms with van der Waals surface area (Å²) in [7, 11) is 1.55. The molecular weight excluding hydrogens is 460 g/mol. The van der Waals surface area contributed by atoms with Gasteiger partial charge in [-0.05, 0) is 30.2 Å². The Hall–Kier alpha value is -3.43. The Morgan fingerprint density at radius 1 is 1.15 bits per heavy atom. The number of hydrogen-bond donors (Lipinski definition) is 3. The first-order chi connectivity index (χ1) is 16.3. The van der Waals surface area contributed by atoms with Crippen molar-refractivity contribution in [2.75, 3.05) is 12.4 Å². The first-order valence-corrected chi connectivity index (χ1v) is 11.3. The van der Waals surface area contributed by atoms with Crippen LogP contribution in [0, 0.1) is 11.8 Å². The van der Waals surface area contributed by atoms with Gasteiger partial charge in [-0.25, -0.2) is 0 Å². The Balaban J connectivity index is 1.56. The van der Waals surface area contributed by atoms with Crippen LogP contribution in [-0.2, 0) is 31.3 Å². The second kappa shape index (κ2) is 8.11. The monoisotopic (exact) mass is 482 g/mol. The van der Waals surface area contributed by atoms with Crippen LogP contribution in [-0.4, -0.2) is 41.7 Å². The predicted molar refractivity (Wildman–Crippen MR) is 123 cm³/mol. The lowest BCUT2D eigenvalue weighted by Crippen LogP contribution is -2.53. The number of hydrogen-bond acceptors (Lipinski definition) is 6. The molecule has 2 unspecified atom stereocenters. The van der Waals surface area contributed by atoms with Crippen LogP contribution in [0.5, 0.6) is 5.75 Å². The minimum Gasteiger partial charge on any atom is -0.497 e. The molecule has 0 radical (unpaired) electrons. The van der Waals surface area contributed by atoms with E-state index in [1.54, 1.807) is 49.6 Å². The highest BCUT2D eigenvalue weighted by Crippen LogP contribution is 2.54. The van der Waals surface area contributed by atoms with Gasteiger partial charge in [-0.15, -0.1) is 0 Å². The standard InChI is InChI=1S/C24H23ClN4O5/c1-34-13-7-5-12(6-8-13)11-29-21(31)18-16(9-10-17(26)30)28-24(19(18)22(29)32)14-3-2-4-15(25)20(14)27-23(24)33/h2-8,16,18-19,28H,9-11H2,1H3,(H2,26,30)(H,27,33)/t16?,18-,19+,24?/m1/s1. The lowest BCUT2D eigenvalue weighted by molar-refractivity contribution is -0.143. The van der Waals surface area contributed by atoms with Gasteiger partial charge >= 0.3 is 0 Å². The number of carbonyl (C=O) groups is 4. The molecule has 176 valence electrons. The molecule has 4 atom stereocenters. The molecule has 3 aliphatic rings.